The number of rotatable bonds is 17. The van der Waals surface area contributed by atoms with Gasteiger partial charge in [-0.25, -0.2) is 0 Å². The molecule has 0 aliphatic heterocycles. The Kier molecular flexibility index (Phi) is 14.5. The van der Waals surface area contributed by atoms with Gasteiger partial charge >= 0.3 is 0 Å². The molecule has 0 aromatic heterocycles. The number of nitro groups is 1. The Balaban J connectivity index is 1.60. The van der Waals surface area contributed by atoms with Crippen molar-refractivity contribution in [3.8, 4) is 11.5 Å². The fourth-order valence-electron chi connectivity index (χ4n) is 6.71. The first-order chi connectivity index (χ1) is 32.4. The fourth-order valence-corrected chi connectivity index (χ4v) is 10.1. The summed E-state index contributed by atoms with van der Waals surface area (Å²) in [6.45, 7) is 1.66. The highest BCUT2D eigenvalue weighted by Crippen LogP contribution is 2.48. The normalized spacial score (nSPS) is 13.1. The number of non-ortho nitro benzene ring substituents is 1. The van der Waals surface area contributed by atoms with Crippen molar-refractivity contribution >= 4 is 118 Å². The van der Waals surface area contributed by atoms with Gasteiger partial charge in [0.25, 0.3) is 56.3 Å². The van der Waals surface area contributed by atoms with E-state index in [9.17, 15) is 76.1 Å². The fraction of sp³-hybridized carbons (Fsp3) is 0.158. The van der Waals surface area contributed by atoms with Crippen LogP contribution in [0.3, 0.4) is 0 Å². The molecule has 70 heavy (non-hydrogen) atoms. The van der Waals surface area contributed by atoms with Crippen LogP contribution in [0.5, 0.6) is 11.5 Å². The van der Waals surface area contributed by atoms with E-state index in [4.69, 9.17) is 5.73 Å². The third-order valence-corrected chi connectivity index (χ3v) is 14.4. The smallest absolute Gasteiger partial charge is 0.299 e. The summed E-state index contributed by atoms with van der Waals surface area (Å²) in [5.74, 6) is -5.30. The minimum absolute atomic E-state index is 0.0139. The lowest BCUT2D eigenvalue weighted by molar-refractivity contribution is -0.385. The Morgan fingerprint density at radius 3 is 1.73 bits per heavy atom. The van der Waals surface area contributed by atoms with Crippen LogP contribution in [0.15, 0.2) is 113 Å². The second-order valence-electron chi connectivity index (χ2n) is 14.7. The summed E-state index contributed by atoms with van der Waals surface area (Å²) < 4.78 is 162. The molecule has 6 aromatic rings. The summed E-state index contributed by atoms with van der Waals surface area (Å²) in [5.41, 5.74) is 2.42. The van der Waals surface area contributed by atoms with E-state index in [1.807, 2.05) is 0 Å². The largest absolute Gasteiger partial charge is 0.507 e. The van der Waals surface area contributed by atoms with E-state index in [0.717, 1.165) is 50.6 Å². The zero-order valence-corrected chi connectivity index (χ0v) is 39.8. The van der Waals surface area contributed by atoms with Crippen LogP contribution in [0.4, 0.5) is 45.5 Å². The zero-order valence-electron chi connectivity index (χ0n) is 35.8. The molecule has 0 bridgehead atoms. The minimum atomic E-state index is -5.03. The van der Waals surface area contributed by atoms with Crippen LogP contribution in [0, 0.1) is 17.0 Å². The molecule has 0 aliphatic rings. The summed E-state index contributed by atoms with van der Waals surface area (Å²) in [7, 11) is -22.2. The summed E-state index contributed by atoms with van der Waals surface area (Å²) in [6.07, 6.45) is 0. The van der Waals surface area contributed by atoms with Crippen molar-refractivity contribution in [3.05, 3.63) is 105 Å². The van der Waals surface area contributed by atoms with Gasteiger partial charge in [-0.1, -0.05) is 12.1 Å². The number of aryl methyl sites for hydroxylation is 1. The number of phenolic OH excluding ortho intramolecular Hbond substituents is 2. The Morgan fingerprint density at radius 1 is 0.571 bits per heavy atom. The summed E-state index contributed by atoms with van der Waals surface area (Å²) in [6, 6.07) is 12.7. The first kappa shape index (κ1) is 52.4. The quantitative estimate of drug-likeness (QED) is 0.0130. The molecule has 6 aromatic carbocycles. The third kappa shape index (κ3) is 11.9. The van der Waals surface area contributed by atoms with Gasteiger partial charge in [0.2, 0.25) is 0 Å². The number of phenols is 2. The van der Waals surface area contributed by atoms with Crippen molar-refractivity contribution < 1.29 is 79.2 Å². The van der Waals surface area contributed by atoms with Crippen molar-refractivity contribution in [1.29, 1.82) is 0 Å². The van der Waals surface area contributed by atoms with Gasteiger partial charge in [0, 0.05) is 29.1 Å². The highest BCUT2D eigenvalue weighted by atomic mass is 32.2. The molecular formula is C38H34N8O19S5. The zero-order chi connectivity index (χ0) is 51.9. The number of nitro benzene ring substituents is 1. The monoisotopic (exact) mass is 1070 g/mol. The Hall–Kier alpha value is -7.01. The molecule has 0 aliphatic carbocycles. The van der Waals surface area contributed by atoms with Crippen molar-refractivity contribution in [2.24, 2.45) is 30.7 Å². The lowest BCUT2D eigenvalue weighted by atomic mass is 9.98. The van der Waals surface area contributed by atoms with Gasteiger partial charge in [-0.3, -0.25) is 32.1 Å². The van der Waals surface area contributed by atoms with Gasteiger partial charge in [0.05, 0.1) is 57.6 Å². The molecule has 0 atom stereocenters. The van der Waals surface area contributed by atoms with E-state index < -0.39 is 139 Å². The standard InChI is InChI=1S/C38H34N8O19S5/c1-19-4-5-20(16-66(51,52)53)30(10-19)43-40-27-8-9-29(34-26(27)14-24(15-32(34)47)69(60,61)64-2)42-44-31-12-21(17-67(54,55)56)25-11-22(18-68(57,58)59)37(38(48)35(25)36(31)39)45-41-28-7-6-23(46(49)50)13-33(28)70(62,63)65-3/h4-15,47-48H,16-18,39H2,1-3H3,(H,51,52,53)(H,54,55,56)(H,57,58,59). The van der Waals surface area contributed by atoms with Crippen LogP contribution >= 0.6 is 0 Å². The number of nitrogens with two attached hydrogens (primary N) is 1. The number of nitrogens with zero attached hydrogens (tertiary/aromatic N) is 7. The van der Waals surface area contributed by atoms with Crippen molar-refractivity contribution in [2.45, 2.75) is 34.0 Å². The topological polar surface area (TPSA) is 434 Å². The first-order valence-corrected chi connectivity index (χ1v) is 26.6. The first-order valence-electron chi connectivity index (χ1n) is 18.9. The number of aromatic hydroxyl groups is 2. The van der Waals surface area contributed by atoms with Gasteiger partial charge < -0.3 is 15.9 Å². The average molecular weight is 1070 g/mol. The highest BCUT2D eigenvalue weighted by molar-refractivity contribution is 7.87. The summed E-state index contributed by atoms with van der Waals surface area (Å²) in [4.78, 5) is 9.02. The van der Waals surface area contributed by atoms with Crippen LogP contribution in [-0.4, -0.2) is 85.1 Å². The lowest BCUT2D eigenvalue weighted by Crippen LogP contribution is -2.06. The van der Waals surface area contributed by atoms with Gasteiger partial charge in [0.1, 0.15) is 45.0 Å². The molecule has 0 fully saturated rings. The molecule has 0 radical (unpaired) electrons. The molecule has 370 valence electrons. The van der Waals surface area contributed by atoms with E-state index in [1.165, 1.54) is 24.3 Å². The summed E-state index contributed by atoms with van der Waals surface area (Å²) in [5, 5.41) is 57.2. The van der Waals surface area contributed by atoms with Crippen LogP contribution < -0.4 is 5.73 Å². The van der Waals surface area contributed by atoms with Gasteiger partial charge in [0.15, 0.2) is 5.75 Å². The summed E-state index contributed by atoms with van der Waals surface area (Å²) >= 11 is 0. The van der Waals surface area contributed by atoms with E-state index in [1.54, 1.807) is 13.0 Å². The van der Waals surface area contributed by atoms with Crippen molar-refractivity contribution in [1.82, 2.24) is 0 Å². The lowest BCUT2D eigenvalue weighted by Gasteiger charge is -2.16. The Labute approximate surface area is 396 Å². The molecule has 27 nitrogen and oxygen atoms in total. The SMILES string of the molecule is COS(=O)(=O)c1cc(O)c2c(N=Nc3cc(CS(=O)(=O)O)c4cc(CS(=O)(=O)O)c(N=Nc5ccc([N+](=O)[O-])cc5S(=O)(=O)OC)c(O)c4c3N)ccc(N=Nc3cc(C)ccc3CS(=O)(=O)O)c2c1. The molecule has 0 unspecified atom stereocenters. The number of hydrogen-bond donors (Lipinski definition) is 6. The maximum Gasteiger partial charge on any atom is 0.299 e. The van der Waals surface area contributed by atoms with Crippen LogP contribution in [0.25, 0.3) is 21.5 Å². The molecule has 0 amide bonds. The van der Waals surface area contributed by atoms with E-state index in [2.05, 4.69) is 39.1 Å². The number of hydrogen-bond acceptors (Lipinski definition) is 23. The van der Waals surface area contributed by atoms with Gasteiger partial charge in [-0.2, -0.15) is 47.2 Å². The van der Waals surface area contributed by atoms with Gasteiger partial charge in [-0.05, 0) is 71.5 Å². The maximum absolute atomic E-state index is 12.8. The number of anilines is 1. The number of benzene rings is 6. The van der Waals surface area contributed by atoms with E-state index in [0.29, 0.717) is 11.6 Å². The molecule has 0 saturated heterocycles. The van der Waals surface area contributed by atoms with E-state index >= 15 is 0 Å². The minimum Gasteiger partial charge on any atom is -0.507 e. The molecule has 6 rings (SSSR count). The molecular weight excluding hydrogens is 1030 g/mol. The van der Waals surface area contributed by atoms with E-state index in [-0.39, 0.29) is 38.8 Å². The Morgan fingerprint density at radius 2 is 1.11 bits per heavy atom. The number of azo groups is 3. The van der Waals surface area contributed by atoms with Crippen molar-refractivity contribution in [3.63, 3.8) is 0 Å². The predicted octanol–water partition coefficient (Wildman–Crippen LogP) is 7.28. The number of fused-ring (bicyclic) bond motifs is 2. The average Bonchev–Trinajstić information content (AvgIpc) is 3.25. The van der Waals surface area contributed by atoms with Crippen LogP contribution in [0.2, 0.25) is 0 Å². The van der Waals surface area contributed by atoms with Crippen molar-refractivity contribution in [2.75, 3.05) is 20.0 Å². The molecule has 7 N–H and O–H groups in total. The molecule has 0 saturated carbocycles. The third-order valence-electron chi connectivity index (χ3n) is 9.77. The molecule has 0 heterocycles. The molecule has 0 spiro atoms. The Bertz CT molecular complexity index is 3870. The van der Waals surface area contributed by atoms with Crippen LogP contribution in [-0.2, 0) is 76.2 Å². The number of nitrogen functional groups attached to an aromatic ring is 1. The maximum atomic E-state index is 12.8. The predicted molar refractivity (Wildman–Crippen MR) is 247 cm³/mol. The second-order valence-corrected chi connectivity index (χ2v) is 22.4. The van der Waals surface area contributed by atoms with Gasteiger partial charge in [-0.15, -0.1) is 25.6 Å². The molecule has 32 heteroatoms. The second kappa shape index (κ2) is 19.4. The van der Waals surface area contributed by atoms with Crippen LogP contribution in [0.1, 0.15) is 22.3 Å². The highest BCUT2D eigenvalue weighted by Gasteiger charge is 2.27.